The number of rotatable bonds is 1. The SMILES string of the molecule is N#CC1CCCN(C(=O)c2sccc2Br)C1. The number of thiophene rings is 1. The van der Waals surface area contributed by atoms with E-state index >= 15 is 0 Å². The number of piperidine rings is 1. The summed E-state index contributed by atoms with van der Waals surface area (Å²) in [6.07, 6.45) is 1.83. The predicted molar refractivity (Wildman–Crippen MR) is 66.3 cm³/mol. The van der Waals surface area contributed by atoms with Crippen molar-refractivity contribution in [2.24, 2.45) is 5.92 Å². The van der Waals surface area contributed by atoms with Crippen molar-refractivity contribution in [2.45, 2.75) is 12.8 Å². The fourth-order valence-electron chi connectivity index (χ4n) is 1.86. The van der Waals surface area contributed by atoms with E-state index in [4.69, 9.17) is 5.26 Å². The van der Waals surface area contributed by atoms with Gasteiger partial charge >= 0.3 is 0 Å². The van der Waals surface area contributed by atoms with Gasteiger partial charge in [0.15, 0.2) is 0 Å². The zero-order valence-corrected chi connectivity index (χ0v) is 11.1. The first-order valence-electron chi connectivity index (χ1n) is 5.14. The molecule has 1 fully saturated rings. The zero-order chi connectivity index (χ0) is 11.5. The van der Waals surface area contributed by atoms with Crippen LogP contribution in [0, 0.1) is 17.2 Å². The van der Waals surface area contributed by atoms with E-state index < -0.39 is 0 Å². The maximum absolute atomic E-state index is 12.1. The highest BCUT2D eigenvalue weighted by atomic mass is 79.9. The predicted octanol–water partition coefficient (Wildman–Crippen LogP) is 2.89. The van der Waals surface area contributed by atoms with E-state index in [1.54, 1.807) is 4.90 Å². The smallest absolute Gasteiger partial charge is 0.265 e. The lowest BCUT2D eigenvalue weighted by atomic mass is 10.00. The van der Waals surface area contributed by atoms with Gasteiger partial charge in [-0.1, -0.05) is 0 Å². The largest absolute Gasteiger partial charge is 0.337 e. The van der Waals surface area contributed by atoms with E-state index in [1.165, 1.54) is 11.3 Å². The number of hydrogen-bond acceptors (Lipinski definition) is 3. The fourth-order valence-corrected chi connectivity index (χ4v) is 3.36. The van der Waals surface area contributed by atoms with Gasteiger partial charge in [0.05, 0.1) is 12.0 Å². The van der Waals surface area contributed by atoms with Crippen LogP contribution in [-0.2, 0) is 0 Å². The number of nitrogens with zero attached hydrogens (tertiary/aromatic N) is 2. The Hall–Kier alpha value is -0.860. The summed E-state index contributed by atoms with van der Waals surface area (Å²) in [6, 6.07) is 4.13. The molecule has 1 aromatic heterocycles. The van der Waals surface area contributed by atoms with E-state index in [0.717, 1.165) is 28.7 Å². The standard InChI is InChI=1S/C11H11BrN2OS/c12-9-3-5-16-10(9)11(15)14-4-1-2-8(6-13)7-14/h3,5,8H,1-2,4,7H2. The molecule has 1 saturated heterocycles. The second-order valence-corrected chi connectivity index (χ2v) is 5.59. The van der Waals surface area contributed by atoms with E-state index in [2.05, 4.69) is 22.0 Å². The quantitative estimate of drug-likeness (QED) is 0.800. The van der Waals surface area contributed by atoms with Crippen LogP contribution in [0.5, 0.6) is 0 Å². The van der Waals surface area contributed by atoms with Crippen LogP contribution < -0.4 is 0 Å². The van der Waals surface area contributed by atoms with Crippen LogP contribution in [0.1, 0.15) is 22.5 Å². The van der Waals surface area contributed by atoms with Crippen LogP contribution in [0.15, 0.2) is 15.9 Å². The Morgan fingerprint density at radius 2 is 2.50 bits per heavy atom. The molecule has 0 radical (unpaired) electrons. The maximum atomic E-state index is 12.1. The normalized spacial score (nSPS) is 20.5. The topological polar surface area (TPSA) is 44.1 Å². The molecule has 1 unspecified atom stereocenters. The summed E-state index contributed by atoms with van der Waals surface area (Å²) in [6.45, 7) is 1.33. The summed E-state index contributed by atoms with van der Waals surface area (Å²) in [4.78, 5) is 14.7. The molecule has 5 heteroatoms. The molecule has 1 aliphatic heterocycles. The van der Waals surface area contributed by atoms with Gasteiger partial charge in [-0.2, -0.15) is 5.26 Å². The van der Waals surface area contributed by atoms with Gasteiger partial charge in [-0.05, 0) is 40.2 Å². The van der Waals surface area contributed by atoms with Gasteiger partial charge in [0.1, 0.15) is 4.88 Å². The Labute approximate surface area is 107 Å². The summed E-state index contributed by atoms with van der Waals surface area (Å²) >= 11 is 4.80. The Balaban J connectivity index is 2.11. The average molecular weight is 299 g/mol. The number of carbonyl (C=O) groups is 1. The van der Waals surface area contributed by atoms with Crippen LogP contribution in [0.2, 0.25) is 0 Å². The summed E-state index contributed by atoms with van der Waals surface area (Å²) in [7, 11) is 0. The van der Waals surface area contributed by atoms with Crippen LogP contribution in [-0.4, -0.2) is 23.9 Å². The molecule has 1 atom stereocenters. The molecule has 1 amide bonds. The number of hydrogen-bond donors (Lipinski definition) is 0. The Morgan fingerprint density at radius 1 is 1.69 bits per heavy atom. The van der Waals surface area contributed by atoms with Crippen molar-refractivity contribution in [3.8, 4) is 6.07 Å². The van der Waals surface area contributed by atoms with Gasteiger partial charge in [-0.15, -0.1) is 11.3 Å². The van der Waals surface area contributed by atoms with Crippen molar-refractivity contribution in [1.82, 2.24) is 4.90 Å². The summed E-state index contributed by atoms with van der Waals surface area (Å²) in [5.74, 6) is 0.0401. The molecule has 2 heterocycles. The molecule has 0 spiro atoms. The Kier molecular flexibility index (Phi) is 3.62. The van der Waals surface area contributed by atoms with Crippen LogP contribution in [0.3, 0.4) is 0 Å². The molecule has 0 N–H and O–H groups in total. The Morgan fingerprint density at radius 3 is 3.12 bits per heavy atom. The molecule has 2 rings (SSSR count). The summed E-state index contributed by atoms with van der Waals surface area (Å²) < 4.78 is 0.849. The molecule has 0 saturated carbocycles. The monoisotopic (exact) mass is 298 g/mol. The number of carbonyl (C=O) groups excluding carboxylic acids is 1. The van der Waals surface area contributed by atoms with Crippen molar-refractivity contribution in [2.75, 3.05) is 13.1 Å². The van der Waals surface area contributed by atoms with Gasteiger partial charge in [-0.3, -0.25) is 4.79 Å². The highest BCUT2D eigenvalue weighted by Crippen LogP contribution is 2.26. The highest BCUT2D eigenvalue weighted by molar-refractivity contribution is 9.10. The van der Waals surface area contributed by atoms with E-state index in [-0.39, 0.29) is 11.8 Å². The molecule has 16 heavy (non-hydrogen) atoms. The van der Waals surface area contributed by atoms with Gasteiger partial charge in [0.25, 0.3) is 5.91 Å². The number of likely N-dealkylation sites (tertiary alicyclic amines) is 1. The maximum Gasteiger partial charge on any atom is 0.265 e. The van der Waals surface area contributed by atoms with Crippen molar-refractivity contribution in [1.29, 1.82) is 5.26 Å². The highest BCUT2D eigenvalue weighted by Gasteiger charge is 2.25. The minimum atomic E-state index is -0.00330. The van der Waals surface area contributed by atoms with Gasteiger partial charge in [-0.25, -0.2) is 0 Å². The van der Waals surface area contributed by atoms with Crippen LogP contribution >= 0.6 is 27.3 Å². The minimum absolute atomic E-state index is 0.00330. The average Bonchev–Trinajstić information content (AvgIpc) is 2.74. The van der Waals surface area contributed by atoms with E-state index in [1.807, 2.05) is 11.4 Å². The zero-order valence-electron chi connectivity index (χ0n) is 8.65. The van der Waals surface area contributed by atoms with Crippen molar-refractivity contribution in [3.05, 3.63) is 20.8 Å². The van der Waals surface area contributed by atoms with Crippen LogP contribution in [0.25, 0.3) is 0 Å². The second kappa shape index (κ2) is 4.98. The molecule has 1 aromatic rings. The lowest BCUT2D eigenvalue weighted by molar-refractivity contribution is 0.0703. The second-order valence-electron chi connectivity index (χ2n) is 3.82. The van der Waals surface area contributed by atoms with Crippen molar-refractivity contribution >= 4 is 33.2 Å². The lowest BCUT2D eigenvalue weighted by Crippen LogP contribution is -2.39. The first-order chi connectivity index (χ1) is 7.72. The molecule has 0 bridgehead atoms. The Bertz CT molecular complexity index is 437. The third kappa shape index (κ3) is 2.28. The third-order valence-corrected chi connectivity index (χ3v) is 4.53. The van der Waals surface area contributed by atoms with Gasteiger partial charge in [0.2, 0.25) is 0 Å². The number of nitriles is 1. The summed E-state index contributed by atoms with van der Waals surface area (Å²) in [5, 5.41) is 10.8. The number of halogens is 1. The molecule has 0 aliphatic carbocycles. The molecule has 0 aromatic carbocycles. The van der Waals surface area contributed by atoms with Crippen molar-refractivity contribution in [3.63, 3.8) is 0 Å². The van der Waals surface area contributed by atoms with Crippen molar-refractivity contribution < 1.29 is 4.79 Å². The number of amides is 1. The van der Waals surface area contributed by atoms with E-state index in [0.29, 0.717) is 6.54 Å². The molecule has 84 valence electrons. The van der Waals surface area contributed by atoms with Gasteiger partial charge in [0, 0.05) is 17.6 Å². The molecule has 3 nitrogen and oxygen atoms in total. The lowest BCUT2D eigenvalue weighted by Gasteiger charge is -2.29. The molecular formula is C11H11BrN2OS. The fraction of sp³-hybridized carbons (Fsp3) is 0.455. The molecule has 1 aliphatic rings. The van der Waals surface area contributed by atoms with E-state index in [9.17, 15) is 4.79 Å². The third-order valence-electron chi connectivity index (χ3n) is 2.70. The summed E-state index contributed by atoms with van der Waals surface area (Å²) in [5.41, 5.74) is 0. The minimum Gasteiger partial charge on any atom is -0.337 e. The first kappa shape index (κ1) is 11.6. The molecular weight excluding hydrogens is 288 g/mol. The van der Waals surface area contributed by atoms with Gasteiger partial charge < -0.3 is 4.90 Å². The first-order valence-corrected chi connectivity index (χ1v) is 6.81. The van der Waals surface area contributed by atoms with Crippen LogP contribution in [0.4, 0.5) is 0 Å².